The number of esters is 1. The van der Waals surface area contributed by atoms with Gasteiger partial charge in [-0.05, 0) is 38.1 Å². The minimum absolute atomic E-state index is 0.253. The fourth-order valence-corrected chi connectivity index (χ4v) is 3.43. The van der Waals surface area contributed by atoms with Gasteiger partial charge in [-0.1, -0.05) is 42.1 Å². The van der Waals surface area contributed by atoms with Gasteiger partial charge in [0.25, 0.3) is 5.56 Å². The lowest BCUT2D eigenvalue weighted by atomic mass is 10.1. The molecule has 0 spiro atoms. The van der Waals surface area contributed by atoms with E-state index in [1.54, 1.807) is 38.1 Å². The zero-order valence-electron chi connectivity index (χ0n) is 16.5. The Morgan fingerprint density at radius 3 is 2.50 bits per heavy atom. The van der Waals surface area contributed by atoms with Gasteiger partial charge in [0.2, 0.25) is 5.91 Å². The molecule has 0 saturated carbocycles. The number of carbonyl (C=O) groups is 2. The molecule has 0 saturated heterocycles. The largest absolute Gasteiger partial charge is 0.462 e. The van der Waals surface area contributed by atoms with Crippen LogP contribution in [0.2, 0.25) is 0 Å². The van der Waals surface area contributed by atoms with Crippen molar-refractivity contribution in [1.29, 1.82) is 0 Å². The number of benzene rings is 2. The molecular weight excluding hydrogens is 402 g/mol. The van der Waals surface area contributed by atoms with Gasteiger partial charge in [-0.15, -0.1) is 0 Å². The number of amides is 1. The quantitative estimate of drug-likeness (QED) is 0.341. The zero-order chi connectivity index (χ0) is 21.5. The van der Waals surface area contributed by atoms with Crippen LogP contribution in [-0.4, -0.2) is 33.7 Å². The molecule has 3 rings (SSSR count). The first-order valence-electron chi connectivity index (χ1n) is 9.37. The molecule has 0 aliphatic rings. The highest BCUT2D eigenvalue weighted by atomic mass is 32.2. The van der Waals surface area contributed by atoms with Crippen molar-refractivity contribution in [3.05, 3.63) is 76.6 Å². The van der Waals surface area contributed by atoms with E-state index >= 15 is 0 Å². The third-order valence-electron chi connectivity index (χ3n) is 4.11. The van der Waals surface area contributed by atoms with E-state index in [2.05, 4.69) is 15.3 Å². The van der Waals surface area contributed by atoms with Crippen molar-refractivity contribution in [2.24, 2.45) is 0 Å². The number of ether oxygens (including phenoxy) is 1. The summed E-state index contributed by atoms with van der Waals surface area (Å²) in [5, 5.41) is 2.64. The third kappa shape index (κ3) is 5.57. The molecule has 154 valence electrons. The van der Waals surface area contributed by atoms with Gasteiger partial charge in [0.15, 0.2) is 5.16 Å². The van der Waals surface area contributed by atoms with E-state index in [0.29, 0.717) is 28.7 Å². The van der Waals surface area contributed by atoms with Crippen molar-refractivity contribution < 1.29 is 14.3 Å². The summed E-state index contributed by atoms with van der Waals surface area (Å²) in [5.74, 6) is -0.663. The molecule has 1 heterocycles. The molecule has 8 heteroatoms. The first-order valence-corrected chi connectivity index (χ1v) is 10.3. The molecular formula is C22H21N3O4S. The predicted molar refractivity (Wildman–Crippen MR) is 117 cm³/mol. The van der Waals surface area contributed by atoms with Gasteiger partial charge in [-0.3, -0.25) is 9.59 Å². The van der Waals surface area contributed by atoms with Crippen molar-refractivity contribution in [1.82, 2.24) is 9.97 Å². The molecule has 2 aromatic carbocycles. The van der Waals surface area contributed by atoms with Crippen LogP contribution in [0.3, 0.4) is 0 Å². The van der Waals surface area contributed by atoms with E-state index in [1.807, 2.05) is 30.3 Å². The number of hydrogen-bond acceptors (Lipinski definition) is 6. The van der Waals surface area contributed by atoms with Crippen LogP contribution < -0.4 is 10.9 Å². The molecule has 2 N–H and O–H groups in total. The second-order valence-corrected chi connectivity index (χ2v) is 7.68. The first-order chi connectivity index (χ1) is 14.5. The molecule has 0 aliphatic heterocycles. The van der Waals surface area contributed by atoms with Crippen molar-refractivity contribution in [2.45, 2.75) is 24.3 Å². The second kappa shape index (κ2) is 9.89. The number of aromatic amines is 1. The van der Waals surface area contributed by atoms with Crippen molar-refractivity contribution in [3.8, 4) is 11.3 Å². The molecule has 30 heavy (non-hydrogen) atoms. The summed E-state index contributed by atoms with van der Waals surface area (Å²) in [5.41, 5.74) is 2.05. The van der Waals surface area contributed by atoms with E-state index in [1.165, 1.54) is 6.07 Å². The lowest BCUT2D eigenvalue weighted by Crippen LogP contribution is -2.23. The third-order valence-corrected chi connectivity index (χ3v) is 5.09. The number of nitrogens with zero attached hydrogens (tertiary/aromatic N) is 1. The molecule has 0 bridgehead atoms. The minimum atomic E-state index is -0.510. The van der Waals surface area contributed by atoms with E-state index < -0.39 is 11.2 Å². The maximum atomic E-state index is 12.5. The summed E-state index contributed by atoms with van der Waals surface area (Å²) in [4.78, 5) is 43.4. The van der Waals surface area contributed by atoms with E-state index in [0.717, 1.165) is 17.3 Å². The molecule has 0 aliphatic carbocycles. The van der Waals surface area contributed by atoms with E-state index in [4.69, 9.17) is 4.74 Å². The van der Waals surface area contributed by atoms with Crippen LogP contribution in [0.4, 0.5) is 5.69 Å². The SMILES string of the molecule is CCOC(=O)c1ccc(NC(=O)[C@@H](C)Sc2nc(-c3ccccc3)cc(=O)[nH]2)cc1. The summed E-state index contributed by atoms with van der Waals surface area (Å²) < 4.78 is 4.94. The number of aromatic nitrogens is 2. The predicted octanol–water partition coefficient (Wildman–Crippen LogP) is 3.73. The summed E-state index contributed by atoms with van der Waals surface area (Å²) in [6.45, 7) is 3.76. The van der Waals surface area contributed by atoms with Crippen LogP contribution >= 0.6 is 11.8 Å². The number of rotatable bonds is 7. The highest BCUT2D eigenvalue weighted by Crippen LogP contribution is 2.23. The first kappa shape index (κ1) is 21.3. The standard InChI is InChI=1S/C22H21N3O4S/c1-3-29-21(28)16-9-11-17(12-10-16)23-20(27)14(2)30-22-24-18(13-19(26)25-22)15-7-5-4-6-8-15/h4-14H,3H2,1-2H3,(H,23,27)(H,24,25,26)/t14-/m1/s1. The Hall–Kier alpha value is -3.39. The van der Waals surface area contributed by atoms with Gasteiger partial charge in [-0.25, -0.2) is 9.78 Å². The molecule has 0 radical (unpaired) electrons. The smallest absolute Gasteiger partial charge is 0.338 e. The van der Waals surface area contributed by atoms with Gasteiger partial charge >= 0.3 is 5.97 Å². The maximum Gasteiger partial charge on any atom is 0.338 e. The highest BCUT2D eigenvalue weighted by Gasteiger charge is 2.17. The van der Waals surface area contributed by atoms with E-state index in [9.17, 15) is 14.4 Å². The van der Waals surface area contributed by atoms with Crippen molar-refractivity contribution in [3.63, 3.8) is 0 Å². The lowest BCUT2D eigenvalue weighted by Gasteiger charge is -2.12. The molecule has 1 amide bonds. The van der Waals surface area contributed by atoms with Crippen LogP contribution in [0.1, 0.15) is 24.2 Å². The fourth-order valence-electron chi connectivity index (χ4n) is 2.62. The Kier molecular flexibility index (Phi) is 7.03. The molecule has 1 atom stereocenters. The number of hydrogen-bond donors (Lipinski definition) is 2. The van der Waals surface area contributed by atoms with Gasteiger partial charge in [-0.2, -0.15) is 0 Å². The van der Waals surface area contributed by atoms with Gasteiger partial charge in [0, 0.05) is 17.3 Å². The van der Waals surface area contributed by atoms with Gasteiger partial charge in [0.1, 0.15) is 0 Å². The Morgan fingerprint density at radius 2 is 1.83 bits per heavy atom. The summed E-state index contributed by atoms with van der Waals surface area (Å²) in [6, 6.07) is 17.2. The Bertz CT molecular complexity index is 1080. The fraction of sp³-hybridized carbons (Fsp3) is 0.182. The average molecular weight is 423 g/mol. The summed E-state index contributed by atoms with van der Waals surface area (Å²) >= 11 is 1.16. The van der Waals surface area contributed by atoms with Gasteiger partial charge < -0.3 is 15.0 Å². The molecule has 7 nitrogen and oxygen atoms in total. The Morgan fingerprint density at radius 1 is 1.13 bits per heavy atom. The number of H-pyrrole nitrogens is 1. The molecule has 0 fully saturated rings. The summed E-state index contributed by atoms with van der Waals surface area (Å²) in [7, 11) is 0. The Labute approximate surface area is 177 Å². The number of thioether (sulfide) groups is 1. The summed E-state index contributed by atoms with van der Waals surface area (Å²) in [6.07, 6.45) is 0. The lowest BCUT2D eigenvalue weighted by molar-refractivity contribution is -0.115. The van der Waals surface area contributed by atoms with Crippen LogP contribution in [0.5, 0.6) is 0 Å². The molecule has 0 unspecified atom stereocenters. The molecule has 1 aromatic heterocycles. The van der Waals surface area contributed by atoms with Crippen LogP contribution in [-0.2, 0) is 9.53 Å². The van der Waals surface area contributed by atoms with Gasteiger partial charge in [0.05, 0.1) is 23.1 Å². The highest BCUT2D eigenvalue weighted by molar-refractivity contribution is 8.00. The monoisotopic (exact) mass is 423 g/mol. The number of nitrogens with one attached hydrogen (secondary N) is 2. The number of anilines is 1. The second-order valence-electron chi connectivity index (χ2n) is 6.35. The normalized spacial score (nSPS) is 11.5. The van der Waals surface area contributed by atoms with E-state index in [-0.39, 0.29) is 11.5 Å². The van der Waals surface area contributed by atoms with Crippen LogP contribution in [0, 0.1) is 0 Å². The molecule has 3 aromatic rings. The van der Waals surface area contributed by atoms with Crippen molar-refractivity contribution >= 4 is 29.3 Å². The van der Waals surface area contributed by atoms with Crippen LogP contribution in [0.15, 0.2) is 70.6 Å². The van der Waals surface area contributed by atoms with Crippen molar-refractivity contribution in [2.75, 3.05) is 11.9 Å². The zero-order valence-corrected chi connectivity index (χ0v) is 17.4. The van der Waals surface area contributed by atoms with Crippen LogP contribution in [0.25, 0.3) is 11.3 Å². The average Bonchev–Trinajstić information content (AvgIpc) is 2.74. The Balaban J connectivity index is 1.66. The topological polar surface area (TPSA) is 101 Å². The maximum absolute atomic E-state index is 12.5. The number of carbonyl (C=O) groups excluding carboxylic acids is 2. The minimum Gasteiger partial charge on any atom is -0.462 e.